The average molecular weight is 445 g/mol. The molecule has 9 heteroatoms. The van der Waals surface area contributed by atoms with E-state index in [9.17, 15) is 9.59 Å². The molecule has 0 aliphatic carbocycles. The minimum absolute atomic E-state index is 0.133. The van der Waals surface area contributed by atoms with Gasteiger partial charge in [0.1, 0.15) is 6.04 Å². The molecule has 0 fully saturated rings. The van der Waals surface area contributed by atoms with Crippen molar-refractivity contribution in [1.29, 1.82) is 0 Å². The molecular weight excluding hydrogens is 412 g/mol. The van der Waals surface area contributed by atoms with Gasteiger partial charge in [0.05, 0.1) is 15.2 Å². The number of thiazole rings is 1. The summed E-state index contributed by atoms with van der Waals surface area (Å²) in [4.78, 5) is 32.6. The van der Waals surface area contributed by atoms with Crippen LogP contribution in [0.4, 0.5) is 0 Å². The van der Waals surface area contributed by atoms with E-state index in [-0.39, 0.29) is 36.7 Å². The first-order valence-electron chi connectivity index (χ1n) is 10.8. The van der Waals surface area contributed by atoms with Crippen LogP contribution in [0.25, 0.3) is 20.7 Å². The molecule has 0 saturated heterocycles. The molecule has 168 valence electrons. The molecule has 0 radical (unpaired) electrons. The summed E-state index contributed by atoms with van der Waals surface area (Å²) in [6, 6.07) is 5.18. The minimum Gasteiger partial charge on any atom is -0.351 e. The highest BCUT2D eigenvalue weighted by molar-refractivity contribution is 7.18. The van der Waals surface area contributed by atoms with Gasteiger partial charge in [-0.1, -0.05) is 52.2 Å². The predicted molar refractivity (Wildman–Crippen MR) is 125 cm³/mol. The number of hydrogen-bond acceptors (Lipinski definition) is 5. The summed E-state index contributed by atoms with van der Waals surface area (Å²) in [5, 5.41) is 10.2. The van der Waals surface area contributed by atoms with Crippen molar-refractivity contribution in [2.45, 2.75) is 71.9 Å². The third-order valence-electron chi connectivity index (χ3n) is 5.48. The van der Waals surface area contributed by atoms with Crippen molar-refractivity contribution in [3.8, 4) is 0 Å². The molecule has 0 bridgehead atoms. The number of carbonyl (C=O) groups is 2. The van der Waals surface area contributed by atoms with Crippen LogP contribution in [0.5, 0.6) is 0 Å². The first-order valence-corrected chi connectivity index (χ1v) is 11.6. The van der Waals surface area contributed by atoms with Crippen molar-refractivity contribution in [3.63, 3.8) is 0 Å². The third kappa shape index (κ3) is 6.94. The van der Waals surface area contributed by atoms with Crippen molar-refractivity contribution < 1.29 is 9.59 Å². The van der Waals surface area contributed by atoms with Gasteiger partial charge in [-0.25, -0.2) is 4.98 Å². The van der Waals surface area contributed by atoms with Crippen LogP contribution in [0.1, 0.15) is 63.9 Å². The van der Waals surface area contributed by atoms with Gasteiger partial charge >= 0.3 is 0 Å². The first-order chi connectivity index (χ1) is 14.8. The van der Waals surface area contributed by atoms with Gasteiger partial charge in [-0.15, -0.1) is 11.3 Å². The number of rotatable bonds is 11. The summed E-state index contributed by atoms with van der Waals surface area (Å²) in [5.74, 6) is 0.0700. The Kier molecular flexibility index (Phi) is 9.27. The summed E-state index contributed by atoms with van der Waals surface area (Å²) in [6.07, 6.45) is 1.42. The number of benzene rings is 1. The van der Waals surface area contributed by atoms with Crippen molar-refractivity contribution in [1.82, 2.24) is 15.6 Å². The van der Waals surface area contributed by atoms with Crippen LogP contribution in [0, 0.1) is 5.92 Å². The van der Waals surface area contributed by atoms with Crippen LogP contribution in [0.3, 0.4) is 0 Å². The maximum atomic E-state index is 13.1. The van der Waals surface area contributed by atoms with Gasteiger partial charge in [-0.05, 0) is 35.1 Å². The summed E-state index contributed by atoms with van der Waals surface area (Å²) in [6.45, 7) is 10.2. The molecule has 2 amide bonds. The van der Waals surface area contributed by atoms with E-state index >= 15 is 0 Å². The number of aromatic nitrogens is 1. The van der Waals surface area contributed by atoms with Crippen molar-refractivity contribution in [2.75, 3.05) is 6.54 Å². The van der Waals surface area contributed by atoms with E-state index < -0.39 is 6.04 Å². The smallest absolute Gasteiger partial charge is 0.243 e. The normalized spacial score (nSPS) is 14.0. The highest BCUT2D eigenvalue weighted by atomic mass is 32.1. The Hall–Kier alpha value is -2.64. The number of hydrogen-bond donors (Lipinski definition) is 2. The van der Waals surface area contributed by atoms with E-state index in [0.29, 0.717) is 12.3 Å². The lowest BCUT2D eigenvalue weighted by atomic mass is 9.98. The van der Waals surface area contributed by atoms with Crippen molar-refractivity contribution >= 4 is 33.4 Å². The van der Waals surface area contributed by atoms with Gasteiger partial charge in [0.2, 0.25) is 11.8 Å². The van der Waals surface area contributed by atoms with Crippen LogP contribution in [0.15, 0.2) is 23.3 Å². The predicted octanol–water partition coefficient (Wildman–Crippen LogP) is 4.70. The molecule has 2 N–H and O–H groups in total. The zero-order valence-corrected chi connectivity index (χ0v) is 19.7. The lowest BCUT2D eigenvalue weighted by Gasteiger charge is -2.25. The minimum atomic E-state index is -0.741. The number of nitrogens with zero attached hydrogens (tertiary/aromatic N) is 4. The lowest BCUT2D eigenvalue weighted by molar-refractivity contribution is -0.129. The topological polar surface area (TPSA) is 120 Å². The van der Waals surface area contributed by atoms with Crippen LogP contribution >= 0.6 is 11.3 Å². The maximum absolute atomic E-state index is 13.1. The summed E-state index contributed by atoms with van der Waals surface area (Å²) < 4.78 is 1.07. The third-order valence-corrected chi connectivity index (χ3v) is 6.52. The Bertz CT molecular complexity index is 951. The average Bonchev–Trinajstić information content (AvgIpc) is 3.16. The zero-order chi connectivity index (χ0) is 23.0. The monoisotopic (exact) mass is 444 g/mol. The molecular formula is C22H32N6O2S. The van der Waals surface area contributed by atoms with E-state index in [4.69, 9.17) is 5.53 Å². The highest BCUT2D eigenvalue weighted by Crippen LogP contribution is 2.27. The number of nitrogens with one attached hydrogen (secondary N) is 2. The lowest BCUT2D eigenvalue weighted by Crippen LogP contribution is -2.52. The Morgan fingerprint density at radius 1 is 1.23 bits per heavy atom. The molecule has 0 spiro atoms. The fourth-order valence-electron chi connectivity index (χ4n) is 3.18. The molecule has 3 atom stereocenters. The summed E-state index contributed by atoms with van der Waals surface area (Å²) in [5.41, 5.74) is 10.8. The van der Waals surface area contributed by atoms with Crippen LogP contribution in [0.2, 0.25) is 0 Å². The van der Waals surface area contributed by atoms with Gasteiger partial charge in [-0.3, -0.25) is 9.59 Å². The molecule has 2 rings (SSSR count). The molecule has 0 aliphatic heterocycles. The quantitative estimate of drug-likeness (QED) is 0.297. The van der Waals surface area contributed by atoms with Gasteiger partial charge in [0.15, 0.2) is 0 Å². The van der Waals surface area contributed by atoms with Crippen LogP contribution < -0.4 is 10.6 Å². The molecule has 31 heavy (non-hydrogen) atoms. The fourth-order valence-corrected chi connectivity index (χ4v) is 4.24. The molecule has 0 saturated carbocycles. The molecule has 2 aromatic rings. The van der Waals surface area contributed by atoms with E-state index in [1.54, 1.807) is 18.3 Å². The highest BCUT2D eigenvalue weighted by Gasteiger charge is 2.26. The van der Waals surface area contributed by atoms with Gasteiger partial charge in [0.25, 0.3) is 0 Å². The van der Waals surface area contributed by atoms with Gasteiger partial charge in [0, 0.05) is 30.3 Å². The largest absolute Gasteiger partial charge is 0.351 e. The van der Waals surface area contributed by atoms with Crippen molar-refractivity contribution in [2.24, 2.45) is 11.0 Å². The molecule has 1 heterocycles. The van der Waals surface area contributed by atoms with Gasteiger partial charge < -0.3 is 10.6 Å². The molecule has 1 aromatic heterocycles. The fraction of sp³-hybridized carbons (Fsp3) is 0.591. The van der Waals surface area contributed by atoms with Crippen LogP contribution in [-0.2, 0) is 16.0 Å². The van der Waals surface area contributed by atoms with E-state index in [1.165, 1.54) is 5.56 Å². The Labute approximate surface area is 187 Å². The Balaban J connectivity index is 2.24. The number of fused-ring (bicyclic) bond motifs is 1. The summed E-state index contributed by atoms with van der Waals surface area (Å²) >= 11 is 1.54. The number of amides is 2. The SMILES string of the molecule is CCC(=O)NC(Cc1nc2ccc(C(C)C)cc2s1)C(=O)N[C@H](CN=[N+]=[N-])[C@@H](C)CC. The Morgan fingerprint density at radius 3 is 2.58 bits per heavy atom. The zero-order valence-electron chi connectivity index (χ0n) is 18.9. The van der Waals surface area contributed by atoms with E-state index in [1.807, 2.05) is 19.9 Å². The van der Waals surface area contributed by atoms with E-state index in [0.717, 1.165) is 21.6 Å². The number of azide groups is 1. The standard InChI is InChI=1S/C22H32N6O2S/c1-6-14(5)18(12-24-28-23)27-22(30)17(25-20(29)7-2)11-21-26-16-9-8-15(13(3)4)10-19(16)31-21/h8-10,13-14,17-18H,6-7,11-12H2,1-5H3,(H,25,29)(H,27,30)/t14-,17?,18+/m0/s1. The summed E-state index contributed by atoms with van der Waals surface area (Å²) in [7, 11) is 0. The van der Waals surface area contributed by atoms with E-state index in [2.05, 4.69) is 51.6 Å². The second-order valence-electron chi connectivity index (χ2n) is 8.08. The van der Waals surface area contributed by atoms with Crippen LogP contribution in [-0.4, -0.2) is 35.4 Å². The molecule has 1 unspecified atom stereocenters. The maximum Gasteiger partial charge on any atom is 0.243 e. The molecule has 8 nitrogen and oxygen atoms in total. The number of carbonyl (C=O) groups excluding carboxylic acids is 2. The molecule has 0 aliphatic rings. The first kappa shape index (κ1) is 24.6. The second kappa shape index (κ2) is 11.7. The molecule has 1 aromatic carbocycles. The van der Waals surface area contributed by atoms with Crippen molar-refractivity contribution in [3.05, 3.63) is 39.2 Å². The Morgan fingerprint density at radius 2 is 1.97 bits per heavy atom. The second-order valence-corrected chi connectivity index (χ2v) is 9.20. The van der Waals surface area contributed by atoms with Gasteiger partial charge in [-0.2, -0.15) is 0 Å².